The Bertz CT molecular complexity index is 1550. The van der Waals surface area contributed by atoms with Gasteiger partial charge in [-0.2, -0.15) is 0 Å². The summed E-state index contributed by atoms with van der Waals surface area (Å²) in [6, 6.07) is 23.2. The molecule has 0 unspecified atom stereocenters. The largest absolute Gasteiger partial charge is 0.490 e. The molecule has 0 heterocycles. The lowest BCUT2D eigenvalue weighted by Crippen LogP contribution is -2.21. The number of methoxy groups -OCH3 is 1. The summed E-state index contributed by atoms with van der Waals surface area (Å²) in [5, 5.41) is 9.09. The number of esters is 2. The van der Waals surface area contributed by atoms with Crippen molar-refractivity contribution in [2.45, 2.75) is 50.5 Å². The highest BCUT2D eigenvalue weighted by Crippen LogP contribution is 2.40. The van der Waals surface area contributed by atoms with E-state index in [4.69, 9.17) is 28.8 Å². The molecule has 1 aliphatic rings. The number of aliphatic hydroxyl groups is 1. The minimum absolute atomic E-state index is 0.0644. The summed E-state index contributed by atoms with van der Waals surface area (Å²) in [6.07, 6.45) is 7.67. The molecule has 0 amide bonds. The lowest BCUT2D eigenvalue weighted by atomic mass is 9.79. The molecule has 0 bridgehead atoms. The lowest BCUT2D eigenvalue weighted by Gasteiger charge is -2.30. The third-order valence-corrected chi connectivity index (χ3v) is 8.58. The minimum atomic E-state index is -0.553. The van der Waals surface area contributed by atoms with Crippen LogP contribution in [0.25, 0.3) is 22.3 Å². The zero-order valence-corrected chi connectivity index (χ0v) is 28.5. The third kappa shape index (κ3) is 11.3. The predicted molar refractivity (Wildman–Crippen MR) is 191 cm³/mol. The van der Waals surface area contributed by atoms with E-state index in [1.165, 1.54) is 23.8 Å². The highest BCUT2D eigenvalue weighted by molar-refractivity contribution is 5.88. The van der Waals surface area contributed by atoms with E-state index >= 15 is 0 Å². The molecule has 1 saturated carbocycles. The molecule has 1 aliphatic carbocycles. The number of carbonyl (C=O) groups excluding carboxylic acids is 2. The number of hydrogen-bond acceptors (Lipinski definition) is 8. The highest BCUT2D eigenvalue weighted by Gasteiger charge is 2.25. The number of carbonyl (C=O) groups is 2. The second-order valence-corrected chi connectivity index (χ2v) is 12.1. The number of aryl methyl sites for hydroxylation is 1. The summed E-state index contributed by atoms with van der Waals surface area (Å²) >= 11 is 0. The van der Waals surface area contributed by atoms with Crippen molar-refractivity contribution in [2.75, 3.05) is 46.8 Å². The lowest BCUT2D eigenvalue weighted by molar-refractivity contribution is -0.140. The molecule has 260 valence electrons. The van der Waals surface area contributed by atoms with Crippen LogP contribution < -0.4 is 4.74 Å². The van der Waals surface area contributed by atoms with Gasteiger partial charge < -0.3 is 28.8 Å². The van der Waals surface area contributed by atoms with E-state index < -0.39 is 18.5 Å². The molecule has 49 heavy (non-hydrogen) atoms. The van der Waals surface area contributed by atoms with Gasteiger partial charge in [-0.3, -0.25) is 0 Å². The normalized spacial score (nSPS) is 15.6. The molecule has 3 aromatic rings. The number of ether oxygens (including phenoxy) is 5. The van der Waals surface area contributed by atoms with Crippen LogP contribution in [0.1, 0.15) is 49.1 Å². The summed E-state index contributed by atoms with van der Waals surface area (Å²) in [5.41, 5.74) is 7.43. The fourth-order valence-electron chi connectivity index (χ4n) is 5.94. The highest BCUT2D eigenvalue weighted by atomic mass is 16.6. The monoisotopic (exact) mass is 668 g/mol. The molecule has 1 N–H and O–H groups in total. The van der Waals surface area contributed by atoms with Crippen LogP contribution in [0.3, 0.4) is 0 Å². The quantitative estimate of drug-likeness (QED) is 0.0611. The molecular weight excluding hydrogens is 620 g/mol. The van der Waals surface area contributed by atoms with Gasteiger partial charge in [0.1, 0.15) is 19.0 Å². The molecule has 3 aromatic carbocycles. The first-order chi connectivity index (χ1) is 23.8. The van der Waals surface area contributed by atoms with Gasteiger partial charge in [0, 0.05) is 7.11 Å². The van der Waals surface area contributed by atoms with Crippen molar-refractivity contribution in [3.8, 4) is 28.0 Å². The number of aliphatic hydroxyl groups excluding tert-OH is 1. The molecule has 0 radical (unpaired) electrons. The van der Waals surface area contributed by atoms with Crippen molar-refractivity contribution in [1.29, 1.82) is 0 Å². The van der Waals surface area contributed by atoms with Crippen LogP contribution in [0.5, 0.6) is 5.75 Å². The van der Waals surface area contributed by atoms with Gasteiger partial charge in [0.15, 0.2) is 0 Å². The Kier molecular flexibility index (Phi) is 14.8. The fraction of sp³-hybridized carbons (Fsp3) is 0.366. The molecule has 1 fully saturated rings. The SMILES string of the molecule is C=CCOC1CCC(c2cc(CCCOC(=O)C(=C)CO)ccc2-c2ccc(-c3ccc(OCCOC(=O)C(=C)COC)cc3)cc2)CC1. The van der Waals surface area contributed by atoms with Crippen molar-refractivity contribution in [1.82, 2.24) is 0 Å². The van der Waals surface area contributed by atoms with E-state index in [2.05, 4.69) is 62.2 Å². The van der Waals surface area contributed by atoms with Crippen LogP contribution in [0, 0.1) is 0 Å². The summed E-state index contributed by atoms with van der Waals surface area (Å²) < 4.78 is 27.0. The molecular formula is C41H48O8. The van der Waals surface area contributed by atoms with Gasteiger partial charge in [-0.15, -0.1) is 6.58 Å². The Morgan fingerprint density at radius 2 is 1.45 bits per heavy atom. The smallest absolute Gasteiger partial charge is 0.335 e. The molecule has 0 aliphatic heterocycles. The van der Waals surface area contributed by atoms with E-state index in [0.29, 0.717) is 24.7 Å². The Balaban J connectivity index is 1.41. The van der Waals surface area contributed by atoms with Crippen molar-refractivity contribution in [3.63, 3.8) is 0 Å². The second-order valence-electron chi connectivity index (χ2n) is 12.1. The maximum atomic E-state index is 11.8. The van der Waals surface area contributed by atoms with Gasteiger partial charge >= 0.3 is 11.9 Å². The van der Waals surface area contributed by atoms with Crippen molar-refractivity contribution in [2.24, 2.45) is 0 Å². The van der Waals surface area contributed by atoms with Gasteiger partial charge in [0.2, 0.25) is 0 Å². The van der Waals surface area contributed by atoms with Gasteiger partial charge in [-0.25, -0.2) is 9.59 Å². The van der Waals surface area contributed by atoms with Crippen molar-refractivity contribution in [3.05, 3.63) is 115 Å². The third-order valence-electron chi connectivity index (χ3n) is 8.58. The van der Waals surface area contributed by atoms with Crippen LogP contribution in [0.15, 0.2) is 104 Å². The molecule has 4 rings (SSSR count). The Morgan fingerprint density at radius 1 is 0.816 bits per heavy atom. The Labute approximate surface area is 290 Å². The molecule has 0 atom stereocenters. The van der Waals surface area contributed by atoms with E-state index in [1.807, 2.05) is 30.3 Å². The second kappa shape index (κ2) is 19.5. The number of benzene rings is 3. The number of hydrogen-bond donors (Lipinski definition) is 1. The predicted octanol–water partition coefficient (Wildman–Crippen LogP) is 7.40. The van der Waals surface area contributed by atoms with Gasteiger partial charge in [-0.1, -0.05) is 73.8 Å². The molecule has 8 heteroatoms. The van der Waals surface area contributed by atoms with E-state index in [9.17, 15) is 9.59 Å². The first kappa shape index (κ1) is 37.3. The average Bonchev–Trinajstić information content (AvgIpc) is 3.14. The van der Waals surface area contributed by atoms with Crippen LogP contribution in [0.2, 0.25) is 0 Å². The van der Waals surface area contributed by atoms with Gasteiger partial charge in [0.05, 0.1) is 43.7 Å². The standard InChI is InChI=1S/C41H48O8/c1-5-22-46-36-19-15-35(16-20-36)39-26-31(7-6-23-48-40(43)29(2)27-42)8-21-38(39)34-11-9-32(10-12-34)33-13-17-37(18-14-33)47-24-25-49-41(44)30(3)28-45-4/h5,8-14,17-18,21,26,35-36,42H,1-3,6-7,15-16,19-20,22-25,27-28H2,4H3. The maximum absolute atomic E-state index is 11.8. The fourth-order valence-corrected chi connectivity index (χ4v) is 5.94. The molecule has 0 spiro atoms. The topological polar surface area (TPSA) is 101 Å². The maximum Gasteiger partial charge on any atom is 0.335 e. The minimum Gasteiger partial charge on any atom is -0.490 e. The summed E-state index contributed by atoms with van der Waals surface area (Å²) in [5.74, 6) is 0.0675. The van der Waals surface area contributed by atoms with Crippen LogP contribution in [-0.2, 0) is 35.0 Å². The Hall–Kier alpha value is -4.50. The van der Waals surface area contributed by atoms with Gasteiger partial charge in [-0.05, 0) is 90.0 Å². The first-order valence-corrected chi connectivity index (χ1v) is 16.8. The van der Waals surface area contributed by atoms with E-state index in [1.54, 1.807) is 0 Å². The zero-order valence-electron chi connectivity index (χ0n) is 28.5. The van der Waals surface area contributed by atoms with E-state index in [-0.39, 0.29) is 43.7 Å². The van der Waals surface area contributed by atoms with Gasteiger partial charge in [0.25, 0.3) is 0 Å². The van der Waals surface area contributed by atoms with E-state index in [0.717, 1.165) is 48.8 Å². The molecule has 8 nitrogen and oxygen atoms in total. The van der Waals surface area contributed by atoms with Crippen LogP contribution in [0.4, 0.5) is 0 Å². The first-order valence-electron chi connectivity index (χ1n) is 16.8. The van der Waals surface area contributed by atoms with Crippen LogP contribution in [-0.4, -0.2) is 69.9 Å². The Morgan fingerprint density at radius 3 is 2.10 bits per heavy atom. The summed E-state index contributed by atoms with van der Waals surface area (Å²) in [7, 11) is 1.50. The number of rotatable bonds is 19. The average molecular weight is 669 g/mol. The summed E-state index contributed by atoms with van der Waals surface area (Å²) in [4.78, 5) is 23.7. The van der Waals surface area contributed by atoms with Crippen LogP contribution >= 0.6 is 0 Å². The molecule has 0 saturated heterocycles. The zero-order chi connectivity index (χ0) is 35.0. The van der Waals surface area contributed by atoms with Crippen molar-refractivity contribution >= 4 is 11.9 Å². The van der Waals surface area contributed by atoms with Crippen molar-refractivity contribution < 1.29 is 38.4 Å². The molecule has 0 aromatic heterocycles. The summed E-state index contributed by atoms with van der Waals surface area (Å²) in [6.45, 7) is 11.9.